The summed E-state index contributed by atoms with van der Waals surface area (Å²) in [7, 11) is 0. The topological polar surface area (TPSA) is 77.6 Å². The first kappa shape index (κ1) is 21.1. The number of halogens is 2. The predicted octanol–water partition coefficient (Wildman–Crippen LogP) is 4.24. The highest BCUT2D eigenvalue weighted by molar-refractivity contribution is 6.35. The highest BCUT2D eigenvalue weighted by Crippen LogP contribution is 2.27. The molecule has 0 spiro atoms. The van der Waals surface area contributed by atoms with Crippen molar-refractivity contribution in [1.82, 2.24) is 29.9 Å². The van der Waals surface area contributed by atoms with E-state index in [1.54, 1.807) is 27.8 Å². The fraction of sp³-hybridized carbons (Fsp3) is 0.182. The first-order valence-corrected chi connectivity index (χ1v) is 10.4. The van der Waals surface area contributed by atoms with E-state index in [1.165, 1.54) is 6.33 Å². The van der Waals surface area contributed by atoms with Gasteiger partial charge in [0.25, 0.3) is 0 Å². The fourth-order valence-corrected chi connectivity index (χ4v) is 3.84. The van der Waals surface area contributed by atoms with Gasteiger partial charge >= 0.3 is 0 Å². The molecule has 9 heteroatoms. The van der Waals surface area contributed by atoms with Gasteiger partial charge in [-0.2, -0.15) is 10.2 Å². The second-order valence-electron chi connectivity index (χ2n) is 7.12. The second-order valence-corrected chi connectivity index (χ2v) is 7.96. The van der Waals surface area contributed by atoms with Gasteiger partial charge in [0.15, 0.2) is 0 Å². The van der Waals surface area contributed by atoms with Gasteiger partial charge in [0.2, 0.25) is 5.91 Å². The molecule has 2 aromatic heterocycles. The SMILES string of the molecule is Cc1nn(-c2ccc(Cl)cc2Cl)c(C)c1CC(=O)NCc1ccc(-n2cncn2)cc1. The maximum absolute atomic E-state index is 12.6. The number of hydrogen-bond donors (Lipinski definition) is 1. The van der Waals surface area contributed by atoms with Crippen molar-refractivity contribution in [2.75, 3.05) is 0 Å². The molecule has 0 atom stereocenters. The van der Waals surface area contributed by atoms with Crippen molar-refractivity contribution in [3.8, 4) is 11.4 Å². The number of amides is 1. The van der Waals surface area contributed by atoms with Gasteiger partial charge in [-0.3, -0.25) is 4.79 Å². The van der Waals surface area contributed by atoms with Gasteiger partial charge in [-0.1, -0.05) is 35.3 Å². The lowest BCUT2D eigenvalue weighted by atomic mass is 10.1. The van der Waals surface area contributed by atoms with Crippen molar-refractivity contribution < 1.29 is 4.79 Å². The molecule has 0 unspecified atom stereocenters. The number of rotatable bonds is 6. The van der Waals surface area contributed by atoms with Crippen LogP contribution in [0.1, 0.15) is 22.5 Å². The first-order chi connectivity index (χ1) is 14.9. The maximum atomic E-state index is 12.6. The monoisotopic (exact) mass is 454 g/mol. The molecule has 0 radical (unpaired) electrons. The van der Waals surface area contributed by atoms with E-state index >= 15 is 0 Å². The summed E-state index contributed by atoms with van der Waals surface area (Å²) in [6, 6.07) is 13.0. The summed E-state index contributed by atoms with van der Waals surface area (Å²) < 4.78 is 3.43. The number of aryl methyl sites for hydroxylation is 1. The molecule has 4 aromatic rings. The zero-order valence-corrected chi connectivity index (χ0v) is 18.5. The van der Waals surface area contributed by atoms with Crippen LogP contribution in [0.15, 0.2) is 55.1 Å². The lowest BCUT2D eigenvalue weighted by Gasteiger charge is -2.09. The number of carbonyl (C=O) groups is 1. The van der Waals surface area contributed by atoms with Crippen LogP contribution in [0, 0.1) is 13.8 Å². The van der Waals surface area contributed by atoms with E-state index in [1.807, 2.05) is 44.2 Å². The van der Waals surface area contributed by atoms with Crippen molar-refractivity contribution in [2.45, 2.75) is 26.8 Å². The number of benzene rings is 2. The Kier molecular flexibility index (Phi) is 6.06. The van der Waals surface area contributed by atoms with Gasteiger partial charge in [-0.05, 0) is 49.7 Å². The largest absolute Gasteiger partial charge is 0.352 e. The molecule has 1 N–H and O–H groups in total. The Hall–Kier alpha value is -3.16. The molecule has 31 heavy (non-hydrogen) atoms. The van der Waals surface area contributed by atoms with Crippen LogP contribution in [0.4, 0.5) is 0 Å². The molecule has 2 heterocycles. The third-order valence-corrected chi connectivity index (χ3v) is 5.56. The third kappa shape index (κ3) is 4.62. The zero-order chi connectivity index (χ0) is 22.0. The Morgan fingerprint density at radius 1 is 1.10 bits per heavy atom. The molecular weight excluding hydrogens is 435 g/mol. The molecular formula is C22H20Cl2N6O. The normalized spacial score (nSPS) is 11.0. The van der Waals surface area contributed by atoms with Crippen molar-refractivity contribution in [2.24, 2.45) is 0 Å². The van der Waals surface area contributed by atoms with Crippen LogP contribution in [-0.4, -0.2) is 30.5 Å². The summed E-state index contributed by atoms with van der Waals surface area (Å²) in [5, 5.41) is 12.7. The van der Waals surface area contributed by atoms with Crippen molar-refractivity contribution >= 4 is 29.1 Å². The average molecular weight is 455 g/mol. The van der Waals surface area contributed by atoms with E-state index < -0.39 is 0 Å². The molecule has 2 aromatic carbocycles. The van der Waals surface area contributed by atoms with Crippen LogP contribution in [-0.2, 0) is 17.8 Å². The van der Waals surface area contributed by atoms with Crippen LogP contribution < -0.4 is 5.32 Å². The van der Waals surface area contributed by atoms with Crippen LogP contribution >= 0.6 is 23.2 Å². The summed E-state index contributed by atoms with van der Waals surface area (Å²) in [6.45, 7) is 4.25. The van der Waals surface area contributed by atoms with Crippen LogP contribution in [0.5, 0.6) is 0 Å². The molecule has 7 nitrogen and oxygen atoms in total. The Labute approximate surface area is 189 Å². The summed E-state index contributed by atoms with van der Waals surface area (Å²) in [6.07, 6.45) is 3.36. The molecule has 158 valence electrons. The van der Waals surface area contributed by atoms with Crippen molar-refractivity contribution in [3.63, 3.8) is 0 Å². The molecule has 0 saturated heterocycles. The van der Waals surface area contributed by atoms with Crippen LogP contribution in [0.3, 0.4) is 0 Å². The summed E-state index contributed by atoms with van der Waals surface area (Å²) in [5.41, 5.74) is 5.17. The molecule has 0 aliphatic rings. The molecule has 1 amide bonds. The number of nitrogens with one attached hydrogen (secondary N) is 1. The van der Waals surface area contributed by atoms with E-state index in [-0.39, 0.29) is 12.3 Å². The summed E-state index contributed by atoms with van der Waals surface area (Å²) >= 11 is 12.3. The van der Waals surface area contributed by atoms with E-state index in [9.17, 15) is 4.79 Å². The number of hydrogen-bond acceptors (Lipinski definition) is 4. The summed E-state index contributed by atoms with van der Waals surface area (Å²) in [5.74, 6) is -0.0756. The van der Waals surface area contributed by atoms with Crippen molar-refractivity contribution in [1.29, 1.82) is 0 Å². The Bertz CT molecular complexity index is 1220. The smallest absolute Gasteiger partial charge is 0.224 e. The maximum Gasteiger partial charge on any atom is 0.224 e. The van der Waals surface area contributed by atoms with Crippen LogP contribution in [0.2, 0.25) is 10.0 Å². The highest BCUT2D eigenvalue weighted by Gasteiger charge is 2.17. The minimum absolute atomic E-state index is 0.0756. The minimum Gasteiger partial charge on any atom is -0.352 e. The van der Waals surface area contributed by atoms with Gasteiger partial charge in [0, 0.05) is 22.8 Å². The Balaban J connectivity index is 1.42. The van der Waals surface area contributed by atoms with Gasteiger partial charge in [-0.25, -0.2) is 14.3 Å². The Morgan fingerprint density at radius 3 is 2.55 bits per heavy atom. The summed E-state index contributed by atoms with van der Waals surface area (Å²) in [4.78, 5) is 16.5. The average Bonchev–Trinajstić information content (AvgIpc) is 3.37. The standard InChI is InChI=1S/C22H20Cl2N6O/c1-14-19(15(2)30(28-14)21-8-5-17(23)9-20(21)24)10-22(31)26-11-16-3-6-18(7-4-16)29-13-25-12-27-29/h3-9,12-13H,10-11H2,1-2H3,(H,26,31). The van der Waals surface area contributed by atoms with Gasteiger partial charge in [0.1, 0.15) is 12.7 Å². The number of carbonyl (C=O) groups excluding carboxylic acids is 1. The molecule has 0 bridgehead atoms. The van der Waals surface area contributed by atoms with Crippen molar-refractivity contribution in [3.05, 3.63) is 87.7 Å². The second kappa shape index (κ2) is 8.91. The molecule has 0 aliphatic carbocycles. The number of aromatic nitrogens is 5. The lowest BCUT2D eigenvalue weighted by molar-refractivity contribution is -0.120. The number of nitrogens with zero attached hydrogens (tertiary/aromatic N) is 5. The van der Waals surface area contributed by atoms with Gasteiger partial charge in [0.05, 0.1) is 28.5 Å². The molecule has 0 saturated carbocycles. The lowest BCUT2D eigenvalue weighted by Crippen LogP contribution is -2.25. The van der Waals surface area contributed by atoms with Gasteiger partial charge < -0.3 is 5.32 Å². The van der Waals surface area contributed by atoms with Gasteiger partial charge in [-0.15, -0.1) is 0 Å². The molecule has 0 aliphatic heterocycles. The quantitative estimate of drug-likeness (QED) is 0.472. The zero-order valence-electron chi connectivity index (χ0n) is 17.0. The van der Waals surface area contributed by atoms with E-state index in [4.69, 9.17) is 23.2 Å². The third-order valence-electron chi connectivity index (χ3n) is 5.03. The van der Waals surface area contributed by atoms with E-state index in [0.29, 0.717) is 16.6 Å². The predicted molar refractivity (Wildman–Crippen MR) is 120 cm³/mol. The minimum atomic E-state index is -0.0756. The molecule has 0 fully saturated rings. The highest BCUT2D eigenvalue weighted by atomic mass is 35.5. The molecule has 4 rings (SSSR count). The first-order valence-electron chi connectivity index (χ1n) is 9.63. The van der Waals surface area contributed by atoms with Crippen LogP contribution in [0.25, 0.3) is 11.4 Å². The Morgan fingerprint density at radius 2 is 1.87 bits per heavy atom. The van der Waals surface area contributed by atoms with E-state index in [2.05, 4.69) is 20.5 Å². The van der Waals surface area contributed by atoms with E-state index in [0.717, 1.165) is 33.9 Å². The fourth-order valence-electron chi connectivity index (χ4n) is 3.35.